The summed E-state index contributed by atoms with van der Waals surface area (Å²) in [5.74, 6) is -0.578. The quantitative estimate of drug-likeness (QED) is 0.877. The van der Waals surface area contributed by atoms with Gasteiger partial charge in [0.25, 0.3) is 0 Å². The molecule has 21 heavy (non-hydrogen) atoms. The van der Waals surface area contributed by atoms with Gasteiger partial charge < -0.3 is 5.11 Å². The van der Waals surface area contributed by atoms with Crippen LogP contribution < -0.4 is 0 Å². The molecule has 1 atom stereocenters. The van der Waals surface area contributed by atoms with Gasteiger partial charge >= 0.3 is 6.18 Å². The Bertz CT molecular complexity index is 640. The molecule has 0 amide bonds. The van der Waals surface area contributed by atoms with Crippen molar-refractivity contribution in [1.29, 1.82) is 0 Å². The lowest BCUT2D eigenvalue weighted by atomic mass is 9.96. The third-order valence-corrected chi connectivity index (χ3v) is 2.85. The topological polar surface area (TPSA) is 33.1 Å². The van der Waals surface area contributed by atoms with E-state index in [4.69, 9.17) is 0 Å². The van der Waals surface area contributed by atoms with Crippen molar-refractivity contribution in [2.45, 2.75) is 11.8 Å². The Morgan fingerprint density at radius 1 is 1.05 bits per heavy atom. The number of halogens is 4. The second-order valence-electron chi connectivity index (χ2n) is 4.37. The van der Waals surface area contributed by atoms with Crippen molar-refractivity contribution < 1.29 is 22.7 Å². The Kier molecular flexibility index (Phi) is 4.09. The van der Waals surface area contributed by atoms with Gasteiger partial charge in [0.15, 0.2) is 0 Å². The molecule has 0 saturated heterocycles. The number of rotatable bonds is 3. The maximum atomic E-state index is 13.2. The minimum atomic E-state index is -4.95. The molecule has 1 aromatic carbocycles. The average molecular weight is 297 g/mol. The first kappa shape index (κ1) is 15.2. The Hall–Kier alpha value is -2.21. The molecule has 0 saturated carbocycles. The summed E-state index contributed by atoms with van der Waals surface area (Å²) in [4.78, 5) is 3.55. The summed E-state index contributed by atoms with van der Waals surface area (Å²) in [6.45, 7) is 0. The van der Waals surface area contributed by atoms with Crippen LogP contribution in [0.15, 0.2) is 54.7 Å². The van der Waals surface area contributed by atoms with Crippen LogP contribution in [0.25, 0.3) is 6.08 Å². The molecule has 1 N–H and O–H groups in total. The molecule has 2 rings (SSSR count). The Labute approximate surface area is 118 Å². The van der Waals surface area contributed by atoms with Crippen LogP contribution in [0.3, 0.4) is 0 Å². The zero-order valence-corrected chi connectivity index (χ0v) is 10.7. The van der Waals surface area contributed by atoms with E-state index in [0.717, 1.165) is 24.4 Å². The van der Waals surface area contributed by atoms with E-state index < -0.39 is 23.3 Å². The summed E-state index contributed by atoms with van der Waals surface area (Å²) in [6.07, 6.45) is -2.23. The van der Waals surface area contributed by atoms with Gasteiger partial charge in [-0.15, -0.1) is 0 Å². The lowest BCUT2D eigenvalue weighted by molar-refractivity contribution is -0.246. The number of hydrogen-bond donors (Lipinski definition) is 1. The molecule has 0 radical (unpaired) electrons. The van der Waals surface area contributed by atoms with E-state index >= 15 is 0 Å². The maximum absolute atomic E-state index is 13.2. The van der Waals surface area contributed by atoms with Crippen LogP contribution in [0.2, 0.25) is 0 Å². The van der Waals surface area contributed by atoms with E-state index in [-0.39, 0.29) is 5.56 Å². The second kappa shape index (κ2) is 5.65. The van der Waals surface area contributed by atoms with Gasteiger partial charge in [0.2, 0.25) is 5.60 Å². The van der Waals surface area contributed by atoms with Gasteiger partial charge in [-0.3, -0.25) is 4.98 Å². The fraction of sp³-hybridized carbons (Fsp3) is 0.133. The predicted molar refractivity (Wildman–Crippen MR) is 69.6 cm³/mol. The standard InChI is InChI=1S/C15H11F4NO/c16-12-5-3-4-11(10-12)7-8-14(21,15(17,18)19)13-6-1-2-9-20-13/h1-10,21H. The Morgan fingerprint density at radius 2 is 1.81 bits per heavy atom. The van der Waals surface area contributed by atoms with E-state index in [2.05, 4.69) is 4.98 Å². The molecule has 1 aromatic heterocycles. The number of alkyl halides is 3. The van der Waals surface area contributed by atoms with Crippen molar-refractivity contribution in [2.24, 2.45) is 0 Å². The van der Waals surface area contributed by atoms with Crippen molar-refractivity contribution in [1.82, 2.24) is 4.98 Å². The molecule has 0 fully saturated rings. The molecule has 0 aliphatic carbocycles. The summed E-state index contributed by atoms with van der Waals surface area (Å²) in [7, 11) is 0. The van der Waals surface area contributed by atoms with Gasteiger partial charge in [0, 0.05) is 6.20 Å². The highest BCUT2D eigenvalue weighted by Gasteiger charge is 2.54. The number of hydrogen-bond acceptors (Lipinski definition) is 2. The third-order valence-electron chi connectivity index (χ3n) is 2.85. The fourth-order valence-electron chi connectivity index (χ4n) is 1.74. The van der Waals surface area contributed by atoms with Crippen LogP contribution in [0.1, 0.15) is 11.3 Å². The first-order valence-corrected chi connectivity index (χ1v) is 5.98. The highest BCUT2D eigenvalue weighted by molar-refractivity contribution is 5.51. The molecular formula is C15H11F4NO. The molecule has 1 heterocycles. The van der Waals surface area contributed by atoms with Gasteiger partial charge in [-0.25, -0.2) is 4.39 Å². The minimum Gasteiger partial charge on any atom is -0.371 e. The smallest absolute Gasteiger partial charge is 0.371 e. The molecule has 1 unspecified atom stereocenters. The zero-order valence-electron chi connectivity index (χ0n) is 10.7. The summed E-state index contributed by atoms with van der Waals surface area (Å²) in [5.41, 5.74) is -3.58. The number of nitrogens with zero attached hydrogens (tertiary/aromatic N) is 1. The van der Waals surface area contributed by atoms with Crippen molar-refractivity contribution in [3.8, 4) is 0 Å². The van der Waals surface area contributed by atoms with Gasteiger partial charge in [-0.2, -0.15) is 13.2 Å². The van der Waals surface area contributed by atoms with Crippen molar-refractivity contribution in [3.05, 3.63) is 71.8 Å². The fourth-order valence-corrected chi connectivity index (χ4v) is 1.74. The average Bonchev–Trinajstić information content (AvgIpc) is 2.44. The van der Waals surface area contributed by atoms with Crippen LogP contribution in [0, 0.1) is 5.82 Å². The van der Waals surface area contributed by atoms with Gasteiger partial charge in [0.05, 0.1) is 5.69 Å². The molecule has 2 nitrogen and oxygen atoms in total. The normalized spacial score (nSPS) is 15.1. The number of aromatic nitrogens is 1. The zero-order chi connectivity index (χ0) is 15.5. The number of benzene rings is 1. The highest BCUT2D eigenvalue weighted by Crippen LogP contribution is 2.39. The van der Waals surface area contributed by atoms with E-state index in [0.29, 0.717) is 6.08 Å². The highest BCUT2D eigenvalue weighted by atomic mass is 19.4. The van der Waals surface area contributed by atoms with Crippen molar-refractivity contribution in [3.63, 3.8) is 0 Å². The summed E-state index contributed by atoms with van der Waals surface area (Å²) in [5, 5.41) is 9.98. The monoisotopic (exact) mass is 297 g/mol. The van der Waals surface area contributed by atoms with Gasteiger partial charge in [-0.1, -0.05) is 24.3 Å². The van der Waals surface area contributed by atoms with Crippen molar-refractivity contribution >= 4 is 6.08 Å². The SMILES string of the molecule is OC(C=Cc1cccc(F)c1)(c1ccccn1)C(F)(F)F. The van der Waals surface area contributed by atoms with E-state index in [1.165, 1.54) is 30.3 Å². The molecule has 0 bridgehead atoms. The summed E-state index contributed by atoms with van der Waals surface area (Å²) >= 11 is 0. The van der Waals surface area contributed by atoms with E-state index in [1.807, 2.05) is 0 Å². The second-order valence-corrected chi connectivity index (χ2v) is 4.37. The third kappa shape index (κ3) is 3.28. The van der Waals surface area contributed by atoms with Gasteiger partial charge in [-0.05, 0) is 35.9 Å². The number of pyridine rings is 1. The van der Waals surface area contributed by atoms with Crippen LogP contribution in [0.4, 0.5) is 17.6 Å². The lowest BCUT2D eigenvalue weighted by Crippen LogP contribution is -2.41. The minimum absolute atomic E-state index is 0.202. The molecule has 0 aliphatic heterocycles. The first-order chi connectivity index (χ1) is 9.83. The predicted octanol–water partition coefficient (Wildman–Crippen LogP) is 3.68. The van der Waals surface area contributed by atoms with Crippen LogP contribution in [-0.2, 0) is 5.60 Å². The first-order valence-electron chi connectivity index (χ1n) is 5.98. The van der Waals surface area contributed by atoms with E-state index in [1.54, 1.807) is 0 Å². The molecule has 2 aromatic rings. The maximum Gasteiger partial charge on any atom is 0.426 e. The molecule has 0 aliphatic rings. The number of aliphatic hydroxyl groups is 1. The largest absolute Gasteiger partial charge is 0.426 e. The Balaban J connectivity index is 2.43. The van der Waals surface area contributed by atoms with Crippen LogP contribution in [-0.4, -0.2) is 16.3 Å². The Morgan fingerprint density at radius 3 is 2.38 bits per heavy atom. The summed E-state index contributed by atoms with van der Waals surface area (Å²) < 4.78 is 52.5. The molecule has 110 valence electrons. The molecule has 0 spiro atoms. The van der Waals surface area contributed by atoms with Crippen LogP contribution >= 0.6 is 0 Å². The van der Waals surface area contributed by atoms with Crippen LogP contribution in [0.5, 0.6) is 0 Å². The van der Waals surface area contributed by atoms with E-state index in [9.17, 15) is 22.7 Å². The van der Waals surface area contributed by atoms with Gasteiger partial charge in [0.1, 0.15) is 5.82 Å². The molecular weight excluding hydrogens is 286 g/mol. The lowest BCUT2D eigenvalue weighted by Gasteiger charge is -2.26. The summed E-state index contributed by atoms with van der Waals surface area (Å²) in [6, 6.07) is 8.88. The molecule has 6 heteroatoms. The van der Waals surface area contributed by atoms with Crippen molar-refractivity contribution in [2.75, 3.05) is 0 Å².